The lowest BCUT2D eigenvalue weighted by molar-refractivity contribution is -0.127. The monoisotopic (exact) mass is 254 g/mol. The van der Waals surface area contributed by atoms with Crippen molar-refractivity contribution in [2.45, 2.75) is 25.3 Å². The van der Waals surface area contributed by atoms with Gasteiger partial charge in [-0.3, -0.25) is 20.5 Å². The van der Waals surface area contributed by atoms with Gasteiger partial charge in [0.15, 0.2) is 5.11 Å². The van der Waals surface area contributed by atoms with Gasteiger partial charge in [-0.05, 0) is 44.6 Å². The summed E-state index contributed by atoms with van der Waals surface area (Å²) in [6.45, 7) is 1.97. The van der Waals surface area contributed by atoms with E-state index in [9.17, 15) is 4.79 Å². The molecule has 94 valence electrons. The molecule has 2 aliphatic rings. The van der Waals surface area contributed by atoms with E-state index >= 15 is 0 Å². The van der Waals surface area contributed by atoms with Crippen LogP contribution >= 0.6 is 12.2 Å². The predicted octanol–water partition coefficient (Wildman–Crippen LogP) is -0.109. The third kappa shape index (κ3) is 3.17. The molecule has 1 saturated heterocycles. The second-order valence-electron chi connectivity index (χ2n) is 4.52. The molecule has 5 nitrogen and oxygen atoms in total. The van der Waals surface area contributed by atoms with E-state index < -0.39 is 0 Å². The van der Waals surface area contributed by atoms with E-state index in [-0.39, 0.29) is 16.9 Å². The number of carbonyl (C=O) groups excluding carboxylic acids is 1. The van der Waals surface area contributed by atoms with Gasteiger partial charge in [0, 0.05) is 12.0 Å². The summed E-state index contributed by atoms with van der Waals surface area (Å²) in [5, 5.41) is 0.0930. The van der Waals surface area contributed by atoms with Gasteiger partial charge in [0.05, 0.1) is 0 Å². The maximum atomic E-state index is 11.7. The quantitative estimate of drug-likeness (QED) is 0.364. The molecule has 17 heavy (non-hydrogen) atoms. The van der Waals surface area contributed by atoms with Crippen molar-refractivity contribution in [2.75, 3.05) is 13.1 Å². The van der Waals surface area contributed by atoms with Crippen LogP contribution in [0.4, 0.5) is 0 Å². The molecular formula is C11H18N4OS. The van der Waals surface area contributed by atoms with Gasteiger partial charge in [0.2, 0.25) is 5.91 Å². The number of nitrogens with two attached hydrogens (primary N) is 1. The fourth-order valence-electron chi connectivity index (χ4n) is 2.25. The van der Waals surface area contributed by atoms with Crippen LogP contribution in [0.15, 0.2) is 12.2 Å². The highest BCUT2D eigenvalue weighted by atomic mass is 32.1. The summed E-state index contributed by atoms with van der Waals surface area (Å²) in [5.74, 6) is 0.0544. The molecule has 0 unspecified atom stereocenters. The fraction of sp³-hybridized carbons (Fsp3) is 0.636. The third-order valence-electron chi connectivity index (χ3n) is 3.41. The number of thiocarbonyl (C=S) groups is 1. The van der Waals surface area contributed by atoms with Crippen LogP contribution in [0.2, 0.25) is 0 Å². The van der Waals surface area contributed by atoms with E-state index in [0.29, 0.717) is 6.04 Å². The molecule has 0 aromatic carbocycles. The van der Waals surface area contributed by atoms with E-state index in [0.717, 1.165) is 32.4 Å². The van der Waals surface area contributed by atoms with Crippen LogP contribution < -0.4 is 16.6 Å². The minimum Gasteiger partial charge on any atom is -0.375 e. The SMILES string of the molecule is NC(=S)NNC(=O)C1CCN([C@H]2C=CC2)CC1. The molecule has 0 aromatic rings. The summed E-state index contributed by atoms with van der Waals surface area (Å²) >= 11 is 4.63. The topological polar surface area (TPSA) is 70.4 Å². The van der Waals surface area contributed by atoms with Crippen LogP contribution in [-0.4, -0.2) is 35.1 Å². The fourth-order valence-corrected chi connectivity index (χ4v) is 2.30. The Hall–Kier alpha value is -1.14. The minimum atomic E-state index is -0.0124. The Morgan fingerprint density at radius 1 is 1.35 bits per heavy atom. The van der Waals surface area contributed by atoms with Crippen molar-refractivity contribution in [3.63, 3.8) is 0 Å². The molecule has 1 amide bonds. The Morgan fingerprint density at radius 3 is 2.47 bits per heavy atom. The molecular weight excluding hydrogens is 236 g/mol. The molecule has 0 saturated carbocycles. The zero-order valence-electron chi connectivity index (χ0n) is 9.69. The molecule has 1 aliphatic heterocycles. The second kappa shape index (κ2) is 5.46. The maximum absolute atomic E-state index is 11.7. The Kier molecular flexibility index (Phi) is 3.96. The molecule has 4 N–H and O–H groups in total. The Labute approximate surface area is 106 Å². The van der Waals surface area contributed by atoms with Gasteiger partial charge in [0.25, 0.3) is 0 Å². The zero-order chi connectivity index (χ0) is 12.3. The summed E-state index contributed by atoms with van der Waals surface area (Å²) in [4.78, 5) is 14.2. The number of piperidine rings is 1. The number of hydrogen-bond acceptors (Lipinski definition) is 3. The minimum absolute atomic E-state index is 0.0124. The highest BCUT2D eigenvalue weighted by Crippen LogP contribution is 2.23. The van der Waals surface area contributed by atoms with Crippen molar-refractivity contribution >= 4 is 23.2 Å². The average molecular weight is 254 g/mol. The van der Waals surface area contributed by atoms with Gasteiger partial charge in [-0.15, -0.1) is 0 Å². The van der Waals surface area contributed by atoms with Crippen molar-refractivity contribution in [2.24, 2.45) is 11.7 Å². The molecule has 6 heteroatoms. The van der Waals surface area contributed by atoms with Gasteiger partial charge < -0.3 is 5.73 Å². The summed E-state index contributed by atoms with van der Waals surface area (Å²) in [5.41, 5.74) is 10.3. The van der Waals surface area contributed by atoms with Gasteiger partial charge in [-0.25, -0.2) is 0 Å². The van der Waals surface area contributed by atoms with Crippen molar-refractivity contribution in [1.82, 2.24) is 15.8 Å². The maximum Gasteiger partial charge on any atom is 0.241 e. The highest BCUT2D eigenvalue weighted by Gasteiger charge is 2.28. The number of nitrogens with one attached hydrogen (secondary N) is 2. The van der Waals surface area contributed by atoms with Crippen molar-refractivity contribution in [3.8, 4) is 0 Å². The van der Waals surface area contributed by atoms with Crippen molar-refractivity contribution in [3.05, 3.63) is 12.2 Å². The first-order valence-electron chi connectivity index (χ1n) is 5.93. The first-order chi connectivity index (χ1) is 8.16. The second-order valence-corrected chi connectivity index (χ2v) is 4.96. The predicted molar refractivity (Wildman–Crippen MR) is 69.9 cm³/mol. The Morgan fingerprint density at radius 2 is 2.00 bits per heavy atom. The summed E-state index contributed by atoms with van der Waals surface area (Å²) in [6, 6.07) is 0.605. The molecule has 1 heterocycles. The molecule has 0 radical (unpaired) electrons. The highest BCUT2D eigenvalue weighted by molar-refractivity contribution is 7.80. The number of hydrazine groups is 1. The number of rotatable bonds is 2. The van der Waals surface area contributed by atoms with E-state index in [4.69, 9.17) is 5.73 Å². The van der Waals surface area contributed by atoms with Crippen LogP contribution in [0.25, 0.3) is 0 Å². The molecule has 1 atom stereocenters. The number of amides is 1. The lowest BCUT2D eigenvalue weighted by Crippen LogP contribution is -2.50. The van der Waals surface area contributed by atoms with Gasteiger partial charge in [-0.2, -0.15) is 0 Å². The number of nitrogens with zero attached hydrogens (tertiary/aromatic N) is 1. The van der Waals surface area contributed by atoms with Crippen molar-refractivity contribution < 1.29 is 4.79 Å². The van der Waals surface area contributed by atoms with E-state index in [1.54, 1.807) is 0 Å². The van der Waals surface area contributed by atoms with Crippen LogP contribution in [0.3, 0.4) is 0 Å². The number of hydrogen-bond donors (Lipinski definition) is 3. The molecule has 0 spiro atoms. The molecule has 0 aromatic heterocycles. The molecule has 0 bridgehead atoms. The zero-order valence-corrected chi connectivity index (χ0v) is 10.5. The van der Waals surface area contributed by atoms with E-state index in [2.05, 4.69) is 40.1 Å². The molecule has 1 aliphatic carbocycles. The number of carbonyl (C=O) groups is 1. The van der Waals surface area contributed by atoms with Gasteiger partial charge in [0.1, 0.15) is 0 Å². The normalized spacial score (nSPS) is 25.1. The van der Waals surface area contributed by atoms with Gasteiger partial charge >= 0.3 is 0 Å². The molecule has 1 fully saturated rings. The van der Waals surface area contributed by atoms with Crippen LogP contribution in [0.1, 0.15) is 19.3 Å². The van der Waals surface area contributed by atoms with Gasteiger partial charge in [-0.1, -0.05) is 12.2 Å². The standard InChI is InChI=1S/C11H18N4OS/c12-11(17)14-13-10(16)8-4-6-15(7-5-8)9-2-1-3-9/h1-2,8-9H,3-7H2,(H,13,16)(H3,12,14,17)/t9-/m0/s1. The molecule has 2 rings (SSSR count). The first-order valence-corrected chi connectivity index (χ1v) is 6.33. The number of likely N-dealkylation sites (tertiary alicyclic amines) is 1. The lowest BCUT2D eigenvalue weighted by atomic mass is 9.92. The Bertz CT molecular complexity index is 336. The van der Waals surface area contributed by atoms with Crippen LogP contribution in [0.5, 0.6) is 0 Å². The Balaban J connectivity index is 1.72. The largest absolute Gasteiger partial charge is 0.375 e. The van der Waals surface area contributed by atoms with E-state index in [1.807, 2.05) is 0 Å². The van der Waals surface area contributed by atoms with E-state index in [1.165, 1.54) is 0 Å². The average Bonchev–Trinajstić information content (AvgIpc) is 2.24. The smallest absolute Gasteiger partial charge is 0.241 e. The summed E-state index contributed by atoms with van der Waals surface area (Å²) < 4.78 is 0. The van der Waals surface area contributed by atoms with Crippen LogP contribution in [-0.2, 0) is 4.79 Å². The first kappa shape index (κ1) is 12.3. The van der Waals surface area contributed by atoms with Crippen molar-refractivity contribution in [1.29, 1.82) is 0 Å². The third-order valence-corrected chi connectivity index (χ3v) is 3.52. The van der Waals surface area contributed by atoms with Crippen LogP contribution in [0, 0.1) is 5.92 Å². The summed E-state index contributed by atoms with van der Waals surface area (Å²) in [6.07, 6.45) is 7.37. The summed E-state index contributed by atoms with van der Waals surface area (Å²) in [7, 11) is 0. The lowest BCUT2D eigenvalue weighted by Gasteiger charge is -2.38.